The Morgan fingerprint density at radius 2 is 0.453 bits per heavy atom. The smallest absolute Gasteiger partial charge is 0.660 e. The van der Waals surface area contributed by atoms with Crippen LogP contribution in [0.25, 0.3) is 10.6 Å². The van der Waals surface area contributed by atoms with E-state index in [1.54, 1.807) is 0 Å². The van der Waals surface area contributed by atoms with Crippen LogP contribution in [0, 0.1) is 21.7 Å². The van der Waals surface area contributed by atoms with E-state index in [-0.39, 0.29) is 54.6 Å². The monoisotopic (exact) mass is 1540 g/mol. The number of benzene rings is 8. The number of carboxylic acid groups (broad SMARTS) is 2. The van der Waals surface area contributed by atoms with Crippen LogP contribution >= 0.6 is 0 Å². The number of carbonyl (C=O) groups is 2. The van der Waals surface area contributed by atoms with Gasteiger partial charge in [-0.1, -0.05) is 446 Å². The molecule has 0 aromatic heterocycles. The summed E-state index contributed by atoms with van der Waals surface area (Å²) in [5.41, 5.74) is 18.7. The minimum atomic E-state index is -2.19. The number of nitrogens with zero attached hydrogens (tertiary/aromatic N) is 4. The van der Waals surface area contributed by atoms with Crippen LogP contribution in [0.5, 0.6) is 0 Å². The fourth-order valence-corrected chi connectivity index (χ4v) is 9.72. The standard InChI is InChI=1S/2C35H53N2.4C6H6.C2H2O4.2Ni/c2*1-22(2)26-17-15-18-27(23(3)4)32(26)36-30(34(9,10)11)21-31(35(12,13)14)37-33-28(24(5)6)19-16-20-29(33)25(7)8;4*1-2-4-6-5-3-1;3-1(4)2(5)6;;/h2*15-25H,1-14H3;4*1-6H;(H,3,4)(H,5,6);;/q2*-1;;;;;;2*+2/p-2/b2*30-21-,37-31?;;;;;;;/i;;4*1D,2D,3D,4D,5D,6D;;;. The van der Waals surface area contributed by atoms with Gasteiger partial charge >= 0.3 is 33.0 Å². The third kappa shape index (κ3) is 35.7. The molecule has 0 unspecified atom stereocenters. The molecule has 0 fully saturated rings. The van der Waals surface area contributed by atoms with Crippen molar-refractivity contribution >= 4 is 46.1 Å². The van der Waals surface area contributed by atoms with Crippen molar-refractivity contribution in [3.63, 3.8) is 0 Å². The molecule has 0 aliphatic heterocycles. The van der Waals surface area contributed by atoms with Crippen LogP contribution in [-0.4, -0.2) is 23.4 Å². The van der Waals surface area contributed by atoms with Gasteiger partial charge in [-0.2, -0.15) is 11.4 Å². The Labute approximate surface area is 698 Å². The Hall–Kier alpha value is -7.89. The SMILES string of the molecule is CC(C)c1cccc(C(C)C)c1N=C(/C=C(\[N-]c1c(C(C)C)cccc1C(C)C)C(C)(C)C)C(C)(C)C.CC(C)c1cccc(C(C)C)c1N=C(/C=C(\[N-]c1c(C(C)C)cccc1C(C)C)C(C)(C)C)C(C)(C)C.O=C([O-])C(=O)[O-].[2H]c1c([2H])c([2H])c([2H])c([2H])c1[2H].[2H]c1c([2H])c([2H])c([2H])c([2H])c1[2H].[2H]c1c([2H])c([2H])c([2H])c([2H])c1[2H].[2H]c1c([2H])c([2H])c([2H])c([2H])c1[2H].[Ni+2].[Ni+2]. The van der Waals surface area contributed by atoms with Gasteiger partial charge < -0.3 is 30.4 Å². The first-order chi connectivity index (χ1) is 58.4. The van der Waals surface area contributed by atoms with E-state index < -0.39 is 157 Å². The maximum absolute atomic E-state index is 8.93. The molecule has 0 saturated heterocycles. The number of rotatable bonds is 16. The summed E-state index contributed by atoms with van der Waals surface area (Å²) in [6.45, 7) is 63.3. The summed E-state index contributed by atoms with van der Waals surface area (Å²) < 4.78 is 171. The van der Waals surface area contributed by atoms with Crippen molar-refractivity contribution in [1.29, 1.82) is 0 Å². The Morgan fingerprint density at radius 3 is 0.575 bits per heavy atom. The third-order valence-corrected chi connectivity index (χ3v) is 15.6. The second-order valence-corrected chi connectivity index (χ2v) is 31.2. The van der Waals surface area contributed by atoms with Gasteiger partial charge in [-0.25, -0.2) is 0 Å². The van der Waals surface area contributed by atoms with Crippen molar-refractivity contribution in [2.45, 2.75) is 241 Å². The van der Waals surface area contributed by atoms with E-state index in [1.165, 1.54) is 44.5 Å². The van der Waals surface area contributed by atoms with Crippen LogP contribution < -0.4 is 10.2 Å². The number of para-hydroxylation sites is 4. The number of aliphatic imine (C=N–C) groups is 2. The Balaban J connectivity index is 0.00000163. The average molecular weight is 1550 g/mol. The van der Waals surface area contributed by atoms with Crippen molar-refractivity contribution in [2.24, 2.45) is 31.6 Å². The number of hydrogen-bond acceptors (Lipinski definition) is 6. The predicted molar refractivity (Wildman–Crippen MR) is 448 cm³/mol. The normalized spacial score (nSPS) is 15.1. The van der Waals surface area contributed by atoms with E-state index in [4.69, 9.17) is 73.3 Å². The van der Waals surface area contributed by atoms with Gasteiger partial charge in [0.2, 0.25) is 0 Å². The number of carboxylic acids is 2. The van der Waals surface area contributed by atoms with Gasteiger partial charge in [0, 0.05) is 22.3 Å². The number of carbonyl (C=O) groups excluding carboxylic acids is 2. The summed E-state index contributed by atoms with van der Waals surface area (Å²) in [6.07, 6.45) is 4.56. The number of aliphatic carboxylic acids is 2. The molecule has 0 aliphatic carbocycles. The van der Waals surface area contributed by atoms with Crippen LogP contribution in [0.4, 0.5) is 22.7 Å². The number of hydrogen-bond donors (Lipinski definition) is 0. The second kappa shape index (κ2) is 48.4. The maximum atomic E-state index is 8.93. The largest absolute Gasteiger partial charge is 2.00 e. The Morgan fingerprint density at radius 1 is 0.302 bits per heavy atom. The molecule has 106 heavy (non-hydrogen) atoms. The van der Waals surface area contributed by atoms with Crippen molar-refractivity contribution in [1.82, 2.24) is 0 Å². The van der Waals surface area contributed by atoms with E-state index in [1.807, 2.05) is 0 Å². The van der Waals surface area contributed by atoms with Gasteiger partial charge in [-0.15, -0.1) is 11.4 Å². The minimum absolute atomic E-state index is 0. The van der Waals surface area contributed by atoms with Crippen LogP contribution in [0.1, 0.15) is 319 Å². The summed E-state index contributed by atoms with van der Waals surface area (Å²) >= 11 is 0. The topological polar surface area (TPSA) is 133 Å². The Kier molecular flexibility index (Phi) is 28.8. The maximum Gasteiger partial charge on any atom is 2.00 e. The molecule has 0 heterocycles. The molecule has 0 atom stereocenters. The van der Waals surface area contributed by atoms with Crippen LogP contribution in [0.15, 0.2) is 251 Å². The molecule has 10 heteroatoms. The summed E-state index contributed by atoms with van der Waals surface area (Å²) in [6, 6.07) is 15.7. The molecule has 8 rings (SSSR count). The van der Waals surface area contributed by atoms with Gasteiger partial charge in [0.25, 0.3) is 0 Å². The molecular weight excluding hydrogens is 1390 g/mol. The zero-order chi connectivity index (χ0) is 99.6. The summed E-state index contributed by atoms with van der Waals surface area (Å²) in [5.74, 6) is -1.14. The first-order valence-corrected chi connectivity index (χ1v) is 35.5. The molecular formula is C96H130N4Ni2O4. The summed E-state index contributed by atoms with van der Waals surface area (Å²) in [5, 5.41) is 28.8. The molecule has 0 radical (unpaired) electrons. The van der Waals surface area contributed by atoms with Crippen molar-refractivity contribution in [2.75, 3.05) is 0 Å². The summed E-state index contributed by atoms with van der Waals surface area (Å²) in [7, 11) is 0. The zero-order valence-corrected chi connectivity index (χ0v) is 69.7. The van der Waals surface area contributed by atoms with Crippen molar-refractivity contribution in [3.8, 4) is 0 Å². The molecule has 578 valence electrons. The van der Waals surface area contributed by atoms with Gasteiger partial charge in [-0.3, -0.25) is 9.98 Å². The third-order valence-electron chi connectivity index (χ3n) is 15.6. The van der Waals surface area contributed by atoms with Gasteiger partial charge in [-0.05, 0) is 80.4 Å². The predicted octanol–water partition coefficient (Wildman–Crippen LogP) is 27.1. The van der Waals surface area contributed by atoms with Crippen LogP contribution in [0.3, 0.4) is 0 Å². The fraction of sp³-hybridized carbons (Fsp3) is 0.417. The van der Waals surface area contributed by atoms with Gasteiger partial charge in [0.15, 0.2) is 0 Å². The first-order valence-electron chi connectivity index (χ1n) is 47.5. The van der Waals surface area contributed by atoms with Crippen LogP contribution in [0.2, 0.25) is 0 Å². The molecule has 0 spiro atoms. The Bertz CT molecular complexity index is 4400. The minimum Gasteiger partial charge on any atom is -0.660 e. The molecule has 8 nitrogen and oxygen atoms in total. The van der Waals surface area contributed by atoms with E-state index in [0.717, 1.165) is 45.6 Å². The molecule has 8 aromatic carbocycles. The van der Waals surface area contributed by atoms with Crippen molar-refractivity contribution in [3.05, 3.63) is 297 Å². The molecule has 0 amide bonds. The van der Waals surface area contributed by atoms with Gasteiger partial charge in [0.1, 0.15) is 0 Å². The average Bonchev–Trinajstić information content (AvgIpc) is 0.782. The first kappa shape index (κ1) is 63.1. The van der Waals surface area contributed by atoms with E-state index in [0.29, 0.717) is 47.3 Å². The van der Waals surface area contributed by atoms with E-state index in [2.05, 4.69) is 279 Å². The van der Waals surface area contributed by atoms with Gasteiger partial charge in [0.05, 0.1) is 56.2 Å². The second-order valence-electron chi connectivity index (χ2n) is 31.2. The molecule has 0 N–H and O–H groups in total. The molecule has 0 bridgehead atoms. The van der Waals surface area contributed by atoms with E-state index >= 15 is 0 Å². The summed E-state index contributed by atoms with van der Waals surface area (Å²) in [4.78, 5) is 28.8. The zero-order valence-electron chi connectivity index (χ0n) is 91.8. The fourth-order valence-electron chi connectivity index (χ4n) is 9.72. The molecule has 0 aliphatic rings. The van der Waals surface area contributed by atoms with Crippen LogP contribution in [-0.2, 0) is 42.6 Å². The van der Waals surface area contributed by atoms with E-state index in [9.17, 15) is 0 Å². The quantitative estimate of drug-likeness (QED) is 0.0541. The van der Waals surface area contributed by atoms with Crippen molar-refractivity contribution < 1.29 is 85.7 Å². The molecule has 0 saturated carbocycles. The molecule has 8 aromatic rings. The number of allylic oxidation sites excluding steroid dienone is 4.